The lowest BCUT2D eigenvalue weighted by atomic mass is 10.1. The van der Waals surface area contributed by atoms with Crippen LogP contribution < -0.4 is 5.73 Å². The molecule has 0 aliphatic carbocycles. The molecule has 1 aromatic rings. The van der Waals surface area contributed by atoms with E-state index in [0.717, 1.165) is 5.56 Å². The second-order valence-electron chi connectivity index (χ2n) is 3.70. The summed E-state index contributed by atoms with van der Waals surface area (Å²) in [5, 5.41) is 0. The molecule has 0 spiro atoms. The Hall–Kier alpha value is -1.38. The molecule has 0 aromatic carbocycles. The zero-order chi connectivity index (χ0) is 10.6. The Morgan fingerprint density at radius 1 is 1.57 bits per heavy atom. The van der Waals surface area contributed by atoms with Crippen LogP contribution in [0.1, 0.15) is 25.0 Å². The normalized spacial score (nSPS) is 12.1. The second kappa shape index (κ2) is 4.74. The lowest BCUT2D eigenvalue weighted by molar-refractivity contribution is 0.853. The van der Waals surface area contributed by atoms with Crippen molar-refractivity contribution >= 4 is 5.84 Å². The van der Waals surface area contributed by atoms with Crippen LogP contribution in [0.5, 0.6) is 0 Å². The molecule has 1 rings (SSSR count). The first-order valence-corrected chi connectivity index (χ1v) is 4.80. The van der Waals surface area contributed by atoms with Crippen molar-refractivity contribution in [3.63, 3.8) is 0 Å². The zero-order valence-electron chi connectivity index (χ0n) is 8.99. The maximum Gasteiger partial charge on any atom is 0.0966 e. The predicted octanol–water partition coefficient (Wildman–Crippen LogP) is 1.90. The molecule has 0 atom stereocenters. The molecule has 1 aromatic heterocycles. The van der Waals surface area contributed by atoms with Gasteiger partial charge in [-0.3, -0.25) is 9.98 Å². The number of aromatic nitrogens is 1. The zero-order valence-corrected chi connectivity index (χ0v) is 8.99. The maximum atomic E-state index is 5.75. The Bertz CT molecular complexity index is 329. The Morgan fingerprint density at radius 2 is 2.29 bits per heavy atom. The van der Waals surface area contributed by atoms with E-state index >= 15 is 0 Å². The van der Waals surface area contributed by atoms with Gasteiger partial charge in [0.25, 0.3) is 0 Å². The van der Waals surface area contributed by atoms with Gasteiger partial charge in [-0.1, -0.05) is 13.8 Å². The van der Waals surface area contributed by atoms with E-state index < -0.39 is 0 Å². The van der Waals surface area contributed by atoms with E-state index in [0.29, 0.717) is 18.3 Å². The minimum Gasteiger partial charge on any atom is -0.387 e. The van der Waals surface area contributed by atoms with E-state index in [4.69, 9.17) is 5.73 Å². The summed E-state index contributed by atoms with van der Waals surface area (Å²) < 4.78 is 0. The molecule has 0 amide bonds. The molecule has 2 N–H and O–H groups in total. The molecule has 1 heterocycles. The highest BCUT2D eigenvalue weighted by Crippen LogP contribution is 2.06. The van der Waals surface area contributed by atoms with Crippen molar-refractivity contribution in [2.24, 2.45) is 16.6 Å². The molecule has 0 bridgehead atoms. The van der Waals surface area contributed by atoms with Crippen LogP contribution in [-0.4, -0.2) is 10.8 Å². The van der Waals surface area contributed by atoms with Gasteiger partial charge in [0.15, 0.2) is 0 Å². The highest BCUT2D eigenvalue weighted by molar-refractivity contribution is 5.82. The van der Waals surface area contributed by atoms with Crippen molar-refractivity contribution < 1.29 is 0 Å². The first kappa shape index (κ1) is 10.7. The van der Waals surface area contributed by atoms with Gasteiger partial charge < -0.3 is 5.73 Å². The number of nitrogens with two attached hydrogens (primary N) is 1. The molecule has 0 fully saturated rings. The van der Waals surface area contributed by atoms with Gasteiger partial charge in [0, 0.05) is 18.3 Å². The summed E-state index contributed by atoms with van der Waals surface area (Å²) in [6, 6.07) is 1.98. The van der Waals surface area contributed by atoms with Crippen LogP contribution in [0.2, 0.25) is 0 Å². The minimum absolute atomic E-state index is 0.317. The van der Waals surface area contributed by atoms with E-state index in [-0.39, 0.29) is 0 Å². The molecule has 0 aliphatic heterocycles. The number of nitrogens with zero attached hydrogens (tertiary/aromatic N) is 2. The quantitative estimate of drug-likeness (QED) is 0.586. The second-order valence-corrected chi connectivity index (χ2v) is 3.70. The number of hydrogen-bond donors (Lipinski definition) is 1. The van der Waals surface area contributed by atoms with Gasteiger partial charge in [-0.2, -0.15) is 0 Å². The van der Waals surface area contributed by atoms with Gasteiger partial charge in [-0.05, 0) is 24.1 Å². The summed E-state index contributed by atoms with van der Waals surface area (Å²) in [6.45, 7) is 6.76. The van der Waals surface area contributed by atoms with Gasteiger partial charge in [-0.25, -0.2) is 0 Å². The Balaban J connectivity index is 2.71. The fourth-order valence-corrected chi connectivity index (χ4v) is 1.04. The third kappa shape index (κ3) is 2.83. The Morgan fingerprint density at radius 3 is 2.86 bits per heavy atom. The monoisotopic (exact) mass is 191 g/mol. The molecular weight excluding hydrogens is 174 g/mol. The maximum absolute atomic E-state index is 5.75. The lowest BCUT2D eigenvalue weighted by Crippen LogP contribution is -2.18. The number of hydrogen-bond acceptors (Lipinski definition) is 2. The summed E-state index contributed by atoms with van der Waals surface area (Å²) in [7, 11) is 0. The van der Waals surface area contributed by atoms with Crippen LogP contribution in [0.4, 0.5) is 0 Å². The van der Waals surface area contributed by atoms with Gasteiger partial charge in [0.05, 0.1) is 12.4 Å². The van der Waals surface area contributed by atoms with Crippen molar-refractivity contribution in [1.29, 1.82) is 0 Å². The number of rotatable bonds is 3. The molecule has 0 radical (unpaired) electrons. The standard InChI is InChI=1S/C11H17N3/c1-8(2)11(12)14-7-10-4-5-13-6-9(10)3/h4-6,8H,7H2,1-3H3,(H2,12,14). The number of amidine groups is 1. The first-order chi connectivity index (χ1) is 6.61. The fourth-order valence-electron chi connectivity index (χ4n) is 1.04. The number of aliphatic imine (C=N–C) groups is 1. The molecule has 0 aliphatic rings. The van der Waals surface area contributed by atoms with Crippen LogP contribution in [0, 0.1) is 12.8 Å². The van der Waals surface area contributed by atoms with Crippen LogP contribution in [0.15, 0.2) is 23.5 Å². The molecule has 3 heteroatoms. The summed E-state index contributed by atoms with van der Waals surface area (Å²) in [5.74, 6) is 1.03. The Kier molecular flexibility index (Phi) is 3.63. The SMILES string of the molecule is Cc1cnccc1CN=C(N)C(C)C. The fraction of sp³-hybridized carbons (Fsp3) is 0.455. The van der Waals surface area contributed by atoms with E-state index in [1.165, 1.54) is 5.56 Å². The van der Waals surface area contributed by atoms with Crippen LogP contribution in [-0.2, 0) is 6.54 Å². The summed E-state index contributed by atoms with van der Waals surface area (Å²) >= 11 is 0. The molecule has 76 valence electrons. The van der Waals surface area contributed by atoms with Crippen LogP contribution >= 0.6 is 0 Å². The third-order valence-corrected chi connectivity index (χ3v) is 2.16. The summed E-state index contributed by atoms with van der Waals surface area (Å²) in [5.41, 5.74) is 8.09. The molecule has 14 heavy (non-hydrogen) atoms. The van der Waals surface area contributed by atoms with Crippen molar-refractivity contribution in [3.05, 3.63) is 29.6 Å². The minimum atomic E-state index is 0.317. The average molecular weight is 191 g/mol. The average Bonchev–Trinajstić information content (AvgIpc) is 2.16. The Labute approximate surface area is 85.1 Å². The molecule has 3 nitrogen and oxygen atoms in total. The van der Waals surface area contributed by atoms with Crippen LogP contribution in [0.3, 0.4) is 0 Å². The van der Waals surface area contributed by atoms with Gasteiger partial charge in [0.1, 0.15) is 0 Å². The molecule has 0 unspecified atom stereocenters. The van der Waals surface area contributed by atoms with Crippen LogP contribution in [0.25, 0.3) is 0 Å². The number of pyridine rings is 1. The first-order valence-electron chi connectivity index (χ1n) is 4.80. The summed E-state index contributed by atoms with van der Waals surface area (Å²) in [4.78, 5) is 8.35. The smallest absolute Gasteiger partial charge is 0.0966 e. The van der Waals surface area contributed by atoms with E-state index in [2.05, 4.69) is 9.98 Å². The van der Waals surface area contributed by atoms with Crippen molar-refractivity contribution in [1.82, 2.24) is 4.98 Å². The van der Waals surface area contributed by atoms with Crippen molar-refractivity contribution in [3.8, 4) is 0 Å². The predicted molar refractivity (Wildman–Crippen MR) is 59.1 cm³/mol. The molecule has 0 saturated carbocycles. The number of aryl methyl sites for hydroxylation is 1. The van der Waals surface area contributed by atoms with Gasteiger partial charge >= 0.3 is 0 Å². The summed E-state index contributed by atoms with van der Waals surface area (Å²) in [6.07, 6.45) is 3.62. The molecule has 0 saturated heterocycles. The lowest BCUT2D eigenvalue weighted by Gasteiger charge is -2.05. The third-order valence-electron chi connectivity index (χ3n) is 2.16. The van der Waals surface area contributed by atoms with Gasteiger partial charge in [0.2, 0.25) is 0 Å². The van der Waals surface area contributed by atoms with Gasteiger partial charge in [-0.15, -0.1) is 0 Å². The molecular formula is C11H17N3. The van der Waals surface area contributed by atoms with E-state index in [1.807, 2.05) is 33.0 Å². The van der Waals surface area contributed by atoms with Crippen molar-refractivity contribution in [2.75, 3.05) is 0 Å². The van der Waals surface area contributed by atoms with Crippen molar-refractivity contribution in [2.45, 2.75) is 27.3 Å². The highest BCUT2D eigenvalue weighted by atomic mass is 14.9. The largest absolute Gasteiger partial charge is 0.387 e. The van der Waals surface area contributed by atoms with E-state index in [1.54, 1.807) is 6.20 Å². The highest BCUT2D eigenvalue weighted by Gasteiger charge is 2.00. The van der Waals surface area contributed by atoms with E-state index in [9.17, 15) is 0 Å². The topological polar surface area (TPSA) is 51.3 Å².